The van der Waals surface area contributed by atoms with Gasteiger partial charge in [0.1, 0.15) is 5.84 Å². The number of hydrogen-bond acceptors (Lipinski definition) is 2. The molecule has 1 aliphatic rings. The maximum absolute atomic E-state index is 13.0. The normalized spacial score (nSPS) is 13.5. The standard InChI is InChI=1S/C20H23N3O/c1-14-9-11-17(12-10-14)22-20(24)23(19-8-5-13-21-19)18-7-4-6-15(2)16(18)3/h4,6-7,9-12H,5,8,13H2,1-3H3,(H,22,24). The van der Waals surface area contributed by atoms with Crippen molar-refractivity contribution in [3.05, 3.63) is 59.2 Å². The molecule has 2 aromatic carbocycles. The van der Waals surface area contributed by atoms with Gasteiger partial charge in [0.2, 0.25) is 0 Å². The van der Waals surface area contributed by atoms with Crippen LogP contribution in [0, 0.1) is 20.8 Å². The van der Waals surface area contributed by atoms with Crippen LogP contribution in [-0.2, 0) is 0 Å². The van der Waals surface area contributed by atoms with Gasteiger partial charge in [0.15, 0.2) is 0 Å². The molecule has 0 spiro atoms. The monoisotopic (exact) mass is 321 g/mol. The molecule has 3 rings (SSSR count). The molecular weight excluding hydrogens is 298 g/mol. The first-order chi connectivity index (χ1) is 11.6. The van der Waals surface area contributed by atoms with E-state index >= 15 is 0 Å². The Morgan fingerprint density at radius 2 is 1.83 bits per heavy atom. The average Bonchev–Trinajstić information content (AvgIpc) is 3.08. The Hall–Kier alpha value is -2.62. The van der Waals surface area contributed by atoms with E-state index in [1.165, 1.54) is 11.1 Å². The third kappa shape index (κ3) is 3.32. The van der Waals surface area contributed by atoms with E-state index in [4.69, 9.17) is 0 Å². The molecule has 0 aliphatic carbocycles. The van der Waals surface area contributed by atoms with E-state index < -0.39 is 0 Å². The first-order valence-electron chi connectivity index (χ1n) is 8.33. The zero-order chi connectivity index (χ0) is 17.1. The molecule has 1 N–H and O–H groups in total. The number of aliphatic imine (C=N–C) groups is 1. The molecule has 0 fully saturated rings. The van der Waals surface area contributed by atoms with Crippen LogP contribution in [-0.4, -0.2) is 18.4 Å². The van der Waals surface area contributed by atoms with Gasteiger partial charge in [-0.15, -0.1) is 0 Å². The fourth-order valence-electron chi connectivity index (χ4n) is 2.87. The minimum atomic E-state index is -0.159. The summed E-state index contributed by atoms with van der Waals surface area (Å²) in [6, 6.07) is 13.7. The number of amides is 2. The molecule has 2 amide bonds. The Balaban J connectivity index is 1.94. The predicted octanol–water partition coefficient (Wildman–Crippen LogP) is 4.84. The molecule has 4 heteroatoms. The van der Waals surface area contributed by atoms with Crippen molar-refractivity contribution in [2.45, 2.75) is 33.6 Å². The molecule has 0 unspecified atom stereocenters. The van der Waals surface area contributed by atoms with Crippen LogP contribution in [0.4, 0.5) is 16.2 Å². The highest BCUT2D eigenvalue weighted by atomic mass is 16.2. The highest BCUT2D eigenvalue weighted by molar-refractivity contribution is 6.21. The van der Waals surface area contributed by atoms with Crippen LogP contribution < -0.4 is 10.2 Å². The van der Waals surface area contributed by atoms with Crippen LogP contribution in [0.1, 0.15) is 29.5 Å². The molecule has 4 nitrogen and oxygen atoms in total. The quantitative estimate of drug-likeness (QED) is 0.845. The largest absolute Gasteiger partial charge is 0.331 e. The lowest BCUT2D eigenvalue weighted by atomic mass is 10.1. The molecule has 0 bridgehead atoms. The third-order valence-electron chi connectivity index (χ3n) is 4.43. The molecule has 0 atom stereocenters. The number of anilines is 2. The number of urea groups is 1. The number of carbonyl (C=O) groups is 1. The number of rotatable bonds is 2. The second kappa shape index (κ2) is 6.87. The van der Waals surface area contributed by atoms with Gasteiger partial charge in [-0.25, -0.2) is 9.69 Å². The summed E-state index contributed by atoms with van der Waals surface area (Å²) in [5.74, 6) is 0.841. The second-order valence-corrected chi connectivity index (χ2v) is 6.25. The van der Waals surface area contributed by atoms with E-state index in [1.54, 1.807) is 4.90 Å². The van der Waals surface area contributed by atoms with E-state index in [-0.39, 0.29) is 6.03 Å². The van der Waals surface area contributed by atoms with Gasteiger partial charge in [-0.05, 0) is 56.5 Å². The number of amidine groups is 1. The number of nitrogens with zero attached hydrogens (tertiary/aromatic N) is 2. The van der Waals surface area contributed by atoms with Crippen LogP contribution in [0.5, 0.6) is 0 Å². The fraction of sp³-hybridized carbons (Fsp3) is 0.300. The number of aryl methyl sites for hydroxylation is 2. The zero-order valence-electron chi connectivity index (χ0n) is 14.5. The summed E-state index contributed by atoms with van der Waals surface area (Å²) in [7, 11) is 0. The van der Waals surface area contributed by atoms with E-state index in [9.17, 15) is 4.79 Å². The molecule has 2 aromatic rings. The molecule has 124 valence electrons. The van der Waals surface area contributed by atoms with Crippen molar-refractivity contribution in [3.63, 3.8) is 0 Å². The van der Waals surface area contributed by atoms with Crippen LogP contribution in [0.3, 0.4) is 0 Å². The number of nitrogens with one attached hydrogen (secondary N) is 1. The maximum Gasteiger partial charge on any atom is 0.331 e. The molecule has 0 radical (unpaired) electrons. The summed E-state index contributed by atoms with van der Waals surface area (Å²) in [6.45, 7) is 6.92. The Morgan fingerprint density at radius 3 is 2.50 bits per heavy atom. The lowest BCUT2D eigenvalue weighted by Gasteiger charge is -2.25. The van der Waals surface area contributed by atoms with Gasteiger partial charge in [-0.2, -0.15) is 0 Å². The average molecular weight is 321 g/mol. The molecule has 0 saturated heterocycles. The number of carbonyl (C=O) groups excluding carboxylic acids is 1. The summed E-state index contributed by atoms with van der Waals surface area (Å²) >= 11 is 0. The Bertz CT molecular complexity index is 778. The van der Waals surface area contributed by atoms with Gasteiger partial charge in [-0.3, -0.25) is 4.99 Å². The van der Waals surface area contributed by atoms with Crippen molar-refractivity contribution >= 4 is 23.2 Å². The summed E-state index contributed by atoms with van der Waals surface area (Å²) in [6.07, 6.45) is 1.82. The first kappa shape index (κ1) is 16.2. The summed E-state index contributed by atoms with van der Waals surface area (Å²) in [5.41, 5.74) is 5.13. The summed E-state index contributed by atoms with van der Waals surface area (Å²) < 4.78 is 0. The van der Waals surface area contributed by atoms with Crippen LogP contribution in [0.2, 0.25) is 0 Å². The number of benzene rings is 2. The maximum atomic E-state index is 13.0. The summed E-state index contributed by atoms with van der Waals surface area (Å²) in [4.78, 5) is 19.3. The van der Waals surface area contributed by atoms with Crippen molar-refractivity contribution in [1.29, 1.82) is 0 Å². The Labute approximate surface area is 143 Å². The van der Waals surface area contributed by atoms with Crippen molar-refractivity contribution in [1.82, 2.24) is 0 Å². The minimum absolute atomic E-state index is 0.159. The topological polar surface area (TPSA) is 44.7 Å². The molecule has 0 saturated carbocycles. The predicted molar refractivity (Wildman–Crippen MR) is 100 cm³/mol. The van der Waals surface area contributed by atoms with E-state index in [0.717, 1.165) is 42.2 Å². The lowest BCUT2D eigenvalue weighted by Crippen LogP contribution is -2.40. The second-order valence-electron chi connectivity index (χ2n) is 6.25. The Morgan fingerprint density at radius 1 is 1.08 bits per heavy atom. The van der Waals surface area contributed by atoms with Gasteiger partial charge in [-0.1, -0.05) is 29.8 Å². The first-order valence-corrected chi connectivity index (χ1v) is 8.33. The number of hydrogen-bond donors (Lipinski definition) is 1. The van der Waals surface area contributed by atoms with Crippen LogP contribution in [0.15, 0.2) is 47.5 Å². The highest BCUT2D eigenvalue weighted by Crippen LogP contribution is 2.26. The van der Waals surface area contributed by atoms with Crippen molar-refractivity contribution in [2.75, 3.05) is 16.8 Å². The molecule has 1 heterocycles. The fourth-order valence-corrected chi connectivity index (χ4v) is 2.87. The molecule has 1 aliphatic heterocycles. The van der Waals surface area contributed by atoms with Crippen LogP contribution in [0.25, 0.3) is 0 Å². The third-order valence-corrected chi connectivity index (χ3v) is 4.43. The Kier molecular flexibility index (Phi) is 4.65. The minimum Gasteiger partial charge on any atom is -0.307 e. The van der Waals surface area contributed by atoms with Crippen molar-refractivity contribution in [2.24, 2.45) is 4.99 Å². The van der Waals surface area contributed by atoms with Gasteiger partial charge in [0.25, 0.3) is 0 Å². The molecule has 24 heavy (non-hydrogen) atoms. The van der Waals surface area contributed by atoms with E-state index in [2.05, 4.69) is 23.3 Å². The van der Waals surface area contributed by atoms with Gasteiger partial charge < -0.3 is 5.32 Å². The van der Waals surface area contributed by atoms with Crippen molar-refractivity contribution in [3.8, 4) is 0 Å². The van der Waals surface area contributed by atoms with Gasteiger partial charge in [0.05, 0.1) is 5.69 Å². The van der Waals surface area contributed by atoms with E-state index in [1.807, 2.05) is 50.2 Å². The zero-order valence-corrected chi connectivity index (χ0v) is 14.5. The SMILES string of the molecule is Cc1ccc(NC(=O)N(C2=NCCC2)c2cccc(C)c2C)cc1. The lowest BCUT2D eigenvalue weighted by molar-refractivity contribution is 0.259. The van der Waals surface area contributed by atoms with Crippen molar-refractivity contribution < 1.29 is 4.79 Å². The highest BCUT2D eigenvalue weighted by Gasteiger charge is 2.25. The summed E-state index contributed by atoms with van der Waals surface area (Å²) in [5, 5.41) is 3.00. The van der Waals surface area contributed by atoms with Gasteiger partial charge >= 0.3 is 6.03 Å². The molecule has 0 aromatic heterocycles. The van der Waals surface area contributed by atoms with Gasteiger partial charge in [0, 0.05) is 18.7 Å². The smallest absolute Gasteiger partial charge is 0.307 e. The molecular formula is C20H23N3O. The van der Waals surface area contributed by atoms with E-state index in [0.29, 0.717) is 0 Å². The van der Waals surface area contributed by atoms with Crippen LogP contribution >= 0.6 is 0 Å².